The average molecular weight is 315 g/mol. The molecular weight excluding hydrogens is 296 g/mol. The molecule has 0 saturated heterocycles. The van der Waals surface area contributed by atoms with E-state index in [9.17, 15) is 8.42 Å². The summed E-state index contributed by atoms with van der Waals surface area (Å²) < 4.78 is 26.0. The fourth-order valence-corrected chi connectivity index (χ4v) is 3.23. The van der Waals surface area contributed by atoms with Crippen LogP contribution >= 0.6 is 11.6 Å². The molecule has 0 unspecified atom stereocenters. The lowest BCUT2D eigenvalue weighted by Crippen LogP contribution is -2.27. The van der Waals surface area contributed by atoms with Gasteiger partial charge in [-0.15, -0.1) is 6.58 Å². The zero-order valence-electron chi connectivity index (χ0n) is 11.5. The van der Waals surface area contributed by atoms with Gasteiger partial charge in [-0.1, -0.05) is 17.7 Å². The first-order chi connectivity index (χ1) is 9.45. The topological polar surface area (TPSA) is 49.4 Å². The van der Waals surface area contributed by atoms with Crippen LogP contribution in [0.5, 0.6) is 0 Å². The van der Waals surface area contributed by atoms with Gasteiger partial charge in [-0.05, 0) is 36.6 Å². The van der Waals surface area contributed by atoms with Crippen molar-refractivity contribution in [1.82, 2.24) is 9.62 Å². The molecule has 0 aromatic heterocycles. The maximum atomic E-state index is 12.4. The standard InChI is InChI=1S/C14H19ClN2O2S/c1-3-8-17(2)20(18,19)13-6-7-14(15)11(9-13)10-16-12-4-5-12/h3,6-7,9,12,16H,1,4-5,8,10H2,2H3. The van der Waals surface area contributed by atoms with Crippen molar-refractivity contribution < 1.29 is 8.42 Å². The summed E-state index contributed by atoms with van der Waals surface area (Å²) in [5, 5.41) is 3.92. The second kappa shape index (κ2) is 6.26. The van der Waals surface area contributed by atoms with Crippen LogP contribution in [0.25, 0.3) is 0 Å². The minimum atomic E-state index is -3.49. The Labute approximate surface area is 125 Å². The Morgan fingerprint density at radius 1 is 1.50 bits per heavy atom. The molecule has 1 aliphatic rings. The first-order valence-electron chi connectivity index (χ1n) is 6.54. The second-order valence-corrected chi connectivity index (χ2v) is 7.43. The molecule has 1 aromatic rings. The Morgan fingerprint density at radius 2 is 2.20 bits per heavy atom. The molecule has 0 spiro atoms. The van der Waals surface area contributed by atoms with E-state index >= 15 is 0 Å². The predicted molar refractivity (Wildman–Crippen MR) is 81.3 cm³/mol. The van der Waals surface area contributed by atoms with Crippen molar-refractivity contribution in [2.24, 2.45) is 0 Å². The predicted octanol–water partition coefficient (Wildman–Crippen LogP) is 2.40. The van der Waals surface area contributed by atoms with Gasteiger partial charge in [0.2, 0.25) is 10.0 Å². The average Bonchev–Trinajstić information content (AvgIpc) is 3.22. The Bertz CT molecular complexity index is 597. The van der Waals surface area contributed by atoms with E-state index in [-0.39, 0.29) is 11.4 Å². The van der Waals surface area contributed by atoms with E-state index in [1.54, 1.807) is 18.2 Å². The Kier molecular flexibility index (Phi) is 4.86. The number of rotatable bonds is 7. The summed E-state index contributed by atoms with van der Waals surface area (Å²) in [7, 11) is -1.95. The molecule has 1 aliphatic carbocycles. The number of hydrogen-bond acceptors (Lipinski definition) is 3. The highest BCUT2D eigenvalue weighted by atomic mass is 35.5. The third-order valence-corrected chi connectivity index (χ3v) is 5.46. The monoisotopic (exact) mass is 314 g/mol. The van der Waals surface area contributed by atoms with Crippen LogP contribution in [0.4, 0.5) is 0 Å². The van der Waals surface area contributed by atoms with Gasteiger partial charge in [-0.25, -0.2) is 8.42 Å². The van der Waals surface area contributed by atoms with E-state index in [0.717, 1.165) is 5.56 Å². The molecular formula is C14H19ClN2O2S. The van der Waals surface area contributed by atoms with Gasteiger partial charge >= 0.3 is 0 Å². The minimum absolute atomic E-state index is 0.263. The van der Waals surface area contributed by atoms with Crippen LogP contribution in [-0.4, -0.2) is 32.4 Å². The van der Waals surface area contributed by atoms with E-state index in [0.29, 0.717) is 17.6 Å². The third kappa shape index (κ3) is 3.61. The number of sulfonamides is 1. The van der Waals surface area contributed by atoms with Crippen molar-refractivity contribution in [1.29, 1.82) is 0 Å². The fourth-order valence-electron chi connectivity index (χ4n) is 1.85. The van der Waals surface area contributed by atoms with E-state index in [1.165, 1.54) is 30.3 Å². The summed E-state index contributed by atoms with van der Waals surface area (Å²) in [5.41, 5.74) is 0.812. The molecule has 1 fully saturated rings. The number of halogens is 1. The number of nitrogens with one attached hydrogen (secondary N) is 1. The van der Waals surface area contributed by atoms with Crippen LogP contribution < -0.4 is 5.32 Å². The van der Waals surface area contributed by atoms with E-state index in [2.05, 4.69) is 11.9 Å². The second-order valence-electron chi connectivity index (χ2n) is 4.98. The summed E-state index contributed by atoms with van der Waals surface area (Å²) in [6.45, 7) is 4.43. The highest BCUT2D eigenvalue weighted by molar-refractivity contribution is 7.89. The highest BCUT2D eigenvalue weighted by Gasteiger charge is 2.23. The van der Waals surface area contributed by atoms with Crippen molar-refractivity contribution in [3.05, 3.63) is 41.4 Å². The summed E-state index contributed by atoms with van der Waals surface area (Å²) in [6, 6.07) is 5.37. The minimum Gasteiger partial charge on any atom is -0.310 e. The summed E-state index contributed by atoms with van der Waals surface area (Å²) >= 11 is 6.13. The molecule has 0 heterocycles. The Morgan fingerprint density at radius 3 is 2.80 bits per heavy atom. The van der Waals surface area contributed by atoms with Gasteiger partial charge in [-0.3, -0.25) is 0 Å². The lowest BCUT2D eigenvalue weighted by Gasteiger charge is -2.16. The summed E-state index contributed by atoms with van der Waals surface area (Å²) in [4.78, 5) is 0.263. The zero-order chi connectivity index (χ0) is 14.8. The molecule has 0 radical (unpaired) electrons. The normalized spacial score (nSPS) is 15.6. The van der Waals surface area contributed by atoms with Crippen LogP contribution in [-0.2, 0) is 16.6 Å². The van der Waals surface area contributed by atoms with Crippen LogP contribution in [0.3, 0.4) is 0 Å². The Balaban J connectivity index is 2.22. The molecule has 4 nitrogen and oxygen atoms in total. The third-order valence-electron chi connectivity index (χ3n) is 3.27. The van der Waals surface area contributed by atoms with Gasteiger partial charge in [-0.2, -0.15) is 4.31 Å². The molecule has 20 heavy (non-hydrogen) atoms. The van der Waals surface area contributed by atoms with Gasteiger partial charge in [0.15, 0.2) is 0 Å². The molecule has 0 bridgehead atoms. The van der Waals surface area contributed by atoms with Crippen molar-refractivity contribution >= 4 is 21.6 Å². The van der Waals surface area contributed by atoms with Crippen molar-refractivity contribution in [2.45, 2.75) is 30.3 Å². The Hall–Kier alpha value is -0.880. The van der Waals surface area contributed by atoms with Gasteiger partial charge in [0, 0.05) is 31.2 Å². The molecule has 2 rings (SSSR count). The lowest BCUT2D eigenvalue weighted by atomic mass is 10.2. The van der Waals surface area contributed by atoms with E-state index < -0.39 is 10.0 Å². The van der Waals surface area contributed by atoms with Crippen molar-refractivity contribution in [2.75, 3.05) is 13.6 Å². The SMILES string of the molecule is C=CCN(C)S(=O)(=O)c1ccc(Cl)c(CNC2CC2)c1. The van der Waals surface area contributed by atoms with Crippen molar-refractivity contribution in [3.8, 4) is 0 Å². The first-order valence-corrected chi connectivity index (χ1v) is 8.36. The molecule has 1 N–H and O–H groups in total. The van der Waals surface area contributed by atoms with E-state index in [4.69, 9.17) is 11.6 Å². The zero-order valence-corrected chi connectivity index (χ0v) is 13.0. The largest absolute Gasteiger partial charge is 0.310 e. The molecule has 0 aliphatic heterocycles. The molecule has 1 aromatic carbocycles. The van der Waals surface area contributed by atoms with Gasteiger partial charge in [0.25, 0.3) is 0 Å². The van der Waals surface area contributed by atoms with E-state index in [1.807, 2.05) is 0 Å². The fraction of sp³-hybridized carbons (Fsp3) is 0.429. The number of benzene rings is 1. The maximum Gasteiger partial charge on any atom is 0.243 e. The smallest absolute Gasteiger partial charge is 0.243 e. The molecule has 6 heteroatoms. The summed E-state index contributed by atoms with van der Waals surface area (Å²) in [5.74, 6) is 0. The highest BCUT2D eigenvalue weighted by Crippen LogP contribution is 2.24. The van der Waals surface area contributed by atoms with Crippen molar-refractivity contribution in [3.63, 3.8) is 0 Å². The molecule has 0 amide bonds. The number of nitrogens with zero attached hydrogens (tertiary/aromatic N) is 1. The lowest BCUT2D eigenvalue weighted by molar-refractivity contribution is 0.499. The molecule has 110 valence electrons. The number of hydrogen-bond donors (Lipinski definition) is 1. The van der Waals surface area contributed by atoms with Crippen LogP contribution in [0.15, 0.2) is 35.7 Å². The number of likely N-dealkylation sites (N-methyl/N-ethyl adjacent to an activating group) is 1. The van der Waals surface area contributed by atoms with Gasteiger partial charge in [0.1, 0.15) is 0 Å². The quantitative estimate of drug-likeness (QED) is 0.786. The molecule has 0 atom stereocenters. The maximum absolute atomic E-state index is 12.4. The molecule has 1 saturated carbocycles. The van der Waals surface area contributed by atoms with Crippen LogP contribution in [0.1, 0.15) is 18.4 Å². The van der Waals surface area contributed by atoms with Crippen LogP contribution in [0, 0.1) is 0 Å². The first kappa shape index (κ1) is 15.5. The van der Waals surface area contributed by atoms with Gasteiger partial charge in [0.05, 0.1) is 4.90 Å². The van der Waals surface area contributed by atoms with Gasteiger partial charge < -0.3 is 5.32 Å². The van der Waals surface area contributed by atoms with Crippen LogP contribution in [0.2, 0.25) is 5.02 Å². The summed E-state index contributed by atoms with van der Waals surface area (Å²) in [6.07, 6.45) is 3.92.